The lowest BCUT2D eigenvalue weighted by atomic mass is 9.97. The zero-order valence-corrected chi connectivity index (χ0v) is 18.8. The van der Waals surface area contributed by atoms with Crippen LogP contribution in [0.2, 0.25) is 0 Å². The summed E-state index contributed by atoms with van der Waals surface area (Å²) < 4.78 is 58.7. The third-order valence-corrected chi connectivity index (χ3v) is 6.98. The summed E-state index contributed by atoms with van der Waals surface area (Å²) in [7, 11) is -8.05. The van der Waals surface area contributed by atoms with Crippen molar-refractivity contribution in [3.05, 3.63) is 72.8 Å². The SMILES string of the molecule is C=Cc1ccc(S(=O)(=O)ON=C2CCC(=NOS(=O)(=O)c3ccc(C=C)cc3)CC2)cc1. The van der Waals surface area contributed by atoms with Gasteiger partial charge >= 0.3 is 20.2 Å². The minimum Gasteiger partial charge on any atom is -0.265 e. The zero-order chi connectivity index (χ0) is 23.2. The first-order valence-electron chi connectivity index (χ1n) is 9.67. The van der Waals surface area contributed by atoms with Gasteiger partial charge in [-0.05, 0) is 61.1 Å². The fourth-order valence-electron chi connectivity index (χ4n) is 2.84. The van der Waals surface area contributed by atoms with Crippen LogP contribution in [0.5, 0.6) is 0 Å². The van der Waals surface area contributed by atoms with Crippen LogP contribution in [0.4, 0.5) is 0 Å². The smallest absolute Gasteiger partial charge is 0.265 e. The quantitative estimate of drug-likeness (QED) is 0.525. The third kappa shape index (κ3) is 5.92. The number of rotatable bonds is 8. The fraction of sp³-hybridized carbons (Fsp3) is 0.182. The molecule has 3 rings (SSSR count). The van der Waals surface area contributed by atoms with E-state index in [1.165, 1.54) is 24.3 Å². The first-order valence-corrected chi connectivity index (χ1v) is 12.5. The molecule has 0 bridgehead atoms. The average molecular weight is 475 g/mol. The van der Waals surface area contributed by atoms with E-state index in [1.807, 2.05) is 0 Å². The number of oxime groups is 2. The van der Waals surface area contributed by atoms with Gasteiger partial charge in [0, 0.05) is 0 Å². The van der Waals surface area contributed by atoms with Gasteiger partial charge < -0.3 is 0 Å². The molecule has 0 N–H and O–H groups in total. The maximum Gasteiger partial charge on any atom is 0.358 e. The van der Waals surface area contributed by atoms with E-state index in [1.54, 1.807) is 36.4 Å². The standard InChI is InChI=1S/C22H22N2O6S2/c1-3-17-5-13-21(14-6-17)31(25,26)29-23-19-9-11-20(12-10-19)24-30-32(27,28)22-15-7-18(4-2)8-16-22/h3-8,13-16H,1-2,9-12H2. The molecule has 0 heterocycles. The van der Waals surface area contributed by atoms with Gasteiger partial charge in [0.05, 0.1) is 11.4 Å². The summed E-state index contributed by atoms with van der Waals surface area (Å²) in [5.74, 6) is 0. The molecule has 0 atom stereocenters. The number of hydrogen-bond donors (Lipinski definition) is 0. The Bertz CT molecular complexity index is 1150. The van der Waals surface area contributed by atoms with E-state index in [0.717, 1.165) is 11.1 Å². The summed E-state index contributed by atoms with van der Waals surface area (Å²) >= 11 is 0. The van der Waals surface area contributed by atoms with Crippen LogP contribution in [-0.2, 0) is 28.8 Å². The highest BCUT2D eigenvalue weighted by Crippen LogP contribution is 2.20. The largest absolute Gasteiger partial charge is 0.358 e. The maximum atomic E-state index is 12.3. The van der Waals surface area contributed by atoms with Gasteiger partial charge in [-0.1, -0.05) is 59.9 Å². The molecule has 0 spiro atoms. The van der Waals surface area contributed by atoms with Crippen LogP contribution in [-0.4, -0.2) is 28.3 Å². The van der Waals surface area contributed by atoms with Gasteiger partial charge in [-0.3, -0.25) is 8.57 Å². The highest BCUT2D eigenvalue weighted by Gasteiger charge is 2.20. The molecule has 0 radical (unpaired) electrons. The van der Waals surface area contributed by atoms with Crippen molar-refractivity contribution in [2.45, 2.75) is 35.5 Å². The molecule has 0 saturated heterocycles. The predicted octanol–water partition coefficient (Wildman–Crippen LogP) is 4.37. The van der Waals surface area contributed by atoms with Crippen molar-refractivity contribution in [2.24, 2.45) is 10.3 Å². The van der Waals surface area contributed by atoms with E-state index in [9.17, 15) is 16.8 Å². The molecule has 2 aromatic rings. The van der Waals surface area contributed by atoms with Crippen molar-refractivity contribution in [2.75, 3.05) is 0 Å². The summed E-state index contributed by atoms with van der Waals surface area (Å²) in [5, 5.41) is 7.53. The van der Waals surface area contributed by atoms with E-state index in [4.69, 9.17) is 8.57 Å². The molecule has 0 aromatic heterocycles. The molecule has 168 valence electrons. The van der Waals surface area contributed by atoms with E-state index in [2.05, 4.69) is 23.5 Å². The molecule has 0 aliphatic heterocycles. The highest BCUT2D eigenvalue weighted by molar-refractivity contribution is 7.87. The van der Waals surface area contributed by atoms with Gasteiger partial charge in [0.1, 0.15) is 9.79 Å². The summed E-state index contributed by atoms with van der Waals surface area (Å²) in [6.45, 7) is 7.23. The molecule has 0 amide bonds. The first kappa shape index (κ1) is 23.4. The molecule has 1 aliphatic carbocycles. The van der Waals surface area contributed by atoms with E-state index >= 15 is 0 Å². The lowest BCUT2D eigenvalue weighted by molar-refractivity contribution is 0.332. The summed E-state index contributed by atoms with van der Waals surface area (Å²) in [6, 6.07) is 12.1. The molecular weight excluding hydrogens is 452 g/mol. The van der Waals surface area contributed by atoms with E-state index in [0.29, 0.717) is 37.1 Å². The van der Waals surface area contributed by atoms with Crippen LogP contribution < -0.4 is 0 Å². The highest BCUT2D eigenvalue weighted by atomic mass is 32.2. The van der Waals surface area contributed by atoms with Crippen molar-refractivity contribution >= 4 is 43.8 Å². The Balaban J connectivity index is 1.57. The van der Waals surface area contributed by atoms with Crippen molar-refractivity contribution < 1.29 is 25.4 Å². The Morgan fingerprint density at radius 1 is 0.625 bits per heavy atom. The maximum absolute atomic E-state index is 12.3. The molecule has 10 heteroatoms. The van der Waals surface area contributed by atoms with Gasteiger partial charge in [-0.15, -0.1) is 0 Å². The summed E-state index contributed by atoms with van der Waals surface area (Å²) in [6.07, 6.45) is 4.71. The first-order chi connectivity index (χ1) is 15.2. The van der Waals surface area contributed by atoms with Gasteiger partial charge in [-0.2, -0.15) is 16.8 Å². The fourth-order valence-corrected chi connectivity index (χ4v) is 4.36. The van der Waals surface area contributed by atoms with Gasteiger partial charge in [0.15, 0.2) is 0 Å². The molecule has 1 saturated carbocycles. The predicted molar refractivity (Wildman–Crippen MR) is 123 cm³/mol. The Morgan fingerprint density at radius 2 is 0.938 bits per heavy atom. The lowest BCUT2D eigenvalue weighted by Gasteiger charge is -2.14. The Kier molecular flexibility index (Phi) is 7.26. The molecule has 1 aliphatic rings. The van der Waals surface area contributed by atoms with Crippen LogP contribution in [0.3, 0.4) is 0 Å². The second-order valence-corrected chi connectivity index (χ2v) is 9.98. The Hall–Kier alpha value is -3.24. The topological polar surface area (TPSA) is 111 Å². The minimum absolute atomic E-state index is 0.00904. The average Bonchev–Trinajstić information content (AvgIpc) is 2.82. The molecule has 2 aromatic carbocycles. The lowest BCUT2D eigenvalue weighted by Crippen LogP contribution is -2.16. The van der Waals surface area contributed by atoms with Crippen LogP contribution >= 0.6 is 0 Å². The minimum atomic E-state index is -4.03. The van der Waals surface area contributed by atoms with Crippen molar-refractivity contribution in [3.63, 3.8) is 0 Å². The van der Waals surface area contributed by atoms with Crippen molar-refractivity contribution in [1.82, 2.24) is 0 Å². The second-order valence-electron chi connectivity index (χ2n) is 6.92. The summed E-state index contributed by atoms with van der Waals surface area (Å²) in [5.41, 5.74) is 2.65. The van der Waals surface area contributed by atoms with Crippen LogP contribution in [0.1, 0.15) is 36.8 Å². The monoisotopic (exact) mass is 474 g/mol. The van der Waals surface area contributed by atoms with Crippen molar-refractivity contribution in [3.8, 4) is 0 Å². The van der Waals surface area contributed by atoms with Crippen LogP contribution in [0.25, 0.3) is 12.2 Å². The second kappa shape index (κ2) is 9.92. The van der Waals surface area contributed by atoms with E-state index in [-0.39, 0.29) is 9.79 Å². The number of hydrogen-bond acceptors (Lipinski definition) is 8. The Labute approximate surface area is 187 Å². The van der Waals surface area contributed by atoms with Gasteiger partial charge in [-0.25, -0.2) is 0 Å². The van der Waals surface area contributed by atoms with Gasteiger partial charge in [0.2, 0.25) is 0 Å². The van der Waals surface area contributed by atoms with E-state index < -0.39 is 20.2 Å². The molecule has 1 fully saturated rings. The molecule has 8 nitrogen and oxygen atoms in total. The number of benzene rings is 2. The zero-order valence-electron chi connectivity index (χ0n) is 17.2. The van der Waals surface area contributed by atoms with Crippen molar-refractivity contribution in [1.29, 1.82) is 0 Å². The molecule has 0 unspecified atom stereocenters. The van der Waals surface area contributed by atoms with Crippen LogP contribution in [0, 0.1) is 0 Å². The molecular formula is C22H22N2O6S2. The third-order valence-electron chi connectivity index (χ3n) is 4.74. The Morgan fingerprint density at radius 3 is 1.22 bits per heavy atom. The number of nitrogens with zero attached hydrogens (tertiary/aromatic N) is 2. The summed E-state index contributed by atoms with van der Waals surface area (Å²) in [4.78, 5) is -0.0181. The van der Waals surface area contributed by atoms with Gasteiger partial charge in [0.25, 0.3) is 0 Å². The van der Waals surface area contributed by atoms with Crippen LogP contribution in [0.15, 0.2) is 81.8 Å². The molecule has 32 heavy (non-hydrogen) atoms. The normalized spacial score (nSPS) is 14.4.